The quantitative estimate of drug-likeness (QED) is 0.858. The van der Waals surface area contributed by atoms with Gasteiger partial charge in [0.1, 0.15) is 5.60 Å². The fraction of sp³-hybridized carbons (Fsp3) is 0.571. The van der Waals surface area contributed by atoms with E-state index in [2.05, 4.69) is 10.3 Å². The Morgan fingerprint density at radius 2 is 2.00 bits per heavy atom. The smallest absolute Gasteiger partial charge is 0.410 e. The predicted molar refractivity (Wildman–Crippen MR) is 82.8 cm³/mol. The van der Waals surface area contributed by atoms with Crippen LogP contribution < -0.4 is 5.32 Å². The highest BCUT2D eigenvalue weighted by molar-refractivity contribution is 6.35. The fourth-order valence-corrected chi connectivity index (χ4v) is 2.86. The van der Waals surface area contributed by atoms with Crippen LogP contribution in [-0.4, -0.2) is 41.2 Å². The molecule has 1 aromatic heterocycles. The minimum atomic E-state index is -0.543. The molecule has 0 radical (unpaired) electrons. The second-order valence-electron chi connectivity index (χ2n) is 5.91. The third-order valence-electron chi connectivity index (χ3n) is 3.09. The van der Waals surface area contributed by atoms with E-state index < -0.39 is 5.60 Å². The van der Waals surface area contributed by atoms with E-state index in [1.807, 2.05) is 20.8 Å². The van der Waals surface area contributed by atoms with E-state index in [4.69, 9.17) is 27.9 Å². The molecule has 0 saturated carbocycles. The van der Waals surface area contributed by atoms with E-state index in [-0.39, 0.29) is 12.1 Å². The number of hydrogen-bond donors (Lipinski definition) is 1. The van der Waals surface area contributed by atoms with Crippen LogP contribution >= 0.6 is 23.2 Å². The van der Waals surface area contributed by atoms with E-state index in [0.29, 0.717) is 35.2 Å². The highest BCUT2D eigenvalue weighted by atomic mass is 35.5. The molecule has 1 saturated heterocycles. The average molecular weight is 332 g/mol. The first kappa shape index (κ1) is 16.3. The van der Waals surface area contributed by atoms with E-state index >= 15 is 0 Å². The molecule has 0 aromatic carbocycles. The Morgan fingerprint density at radius 1 is 1.38 bits per heavy atom. The molecule has 0 bridgehead atoms. The number of nitrogens with one attached hydrogen (secondary N) is 1. The molecule has 1 atom stereocenters. The van der Waals surface area contributed by atoms with Crippen molar-refractivity contribution in [3.63, 3.8) is 0 Å². The number of pyridine rings is 1. The summed E-state index contributed by atoms with van der Waals surface area (Å²) < 4.78 is 5.47. The van der Waals surface area contributed by atoms with Crippen LogP contribution in [0.4, 0.5) is 4.79 Å². The minimum absolute atomic E-state index is 0.267. The van der Waals surface area contributed by atoms with Gasteiger partial charge in [-0.25, -0.2) is 4.79 Å². The summed E-state index contributed by atoms with van der Waals surface area (Å²) in [6.07, 6.45) is 2.70. The van der Waals surface area contributed by atoms with Crippen molar-refractivity contribution in [1.29, 1.82) is 0 Å². The summed E-state index contributed by atoms with van der Waals surface area (Å²) in [5.41, 5.74) is 0.157. The summed E-state index contributed by atoms with van der Waals surface area (Å²) in [6, 6.07) is -0.267. The Kier molecular flexibility index (Phi) is 4.96. The van der Waals surface area contributed by atoms with Crippen LogP contribution in [0.5, 0.6) is 0 Å². The zero-order valence-electron chi connectivity index (χ0n) is 12.3. The molecule has 1 aromatic rings. The fourth-order valence-electron chi connectivity index (χ4n) is 2.24. The van der Waals surface area contributed by atoms with Crippen molar-refractivity contribution in [2.75, 3.05) is 19.6 Å². The largest absolute Gasteiger partial charge is 0.444 e. The van der Waals surface area contributed by atoms with Gasteiger partial charge < -0.3 is 10.1 Å². The molecule has 0 aliphatic carbocycles. The van der Waals surface area contributed by atoms with Gasteiger partial charge in [0.2, 0.25) is 0 Å². The molecule has 0 spiro atoms. The number of carbonyl (C=O) groups excluding carboxylic acids is 1. The van der Waals surface area contributed by atoms with E-state index in [1.165, 1.54) is 12.4 Å². The Hall–Kier alpha value is -1.04. The summed E-state index contributed by atoms with van der Waals surface area (Å²) in [5, 5.41) is 4.15. The lowest BCUT2D eigenvalue weighted by Gasteiger charge is -2.37. The molecule has 1 fully saturated rings. The van der Waals surface area contributed by atoms with E-state index in [9.17, 15) is 4.79 Å². The number of ether oxygens (including phenoxy) is 1. The molecule has 5 nitrogen and oxygen atoms in total. The van der Waals surface area contributed by atoms with Crippen LogP contribution in [0.2, 0.25) is 10.0 Å². The first-order valence-corrected chi connectivity index (χ1v) is 7.54. The van der Waals surface area contributed by atoms with Crippen LogP contribution in [0, 0.1) is 0 Å². The molecule has 1 aliphatic heterocycles. The summed E-state index contributed by atoms with van der Waals surface area (Å²) in [4.78, 5) is 18.0. The third-order valence-corrected chi connectivity index (χ3v) is 3.70. The number of carbonyl (C=O) groups is 1. The van der Waals surface area contributed by atoms with Gasteiger partial charge in [0, 0.05) is 37.6 Å². The van der Waals surface area contributed by atoms with Gasteiger partial charge in [-0.15, -0.1) is 0 Å². The van der Waals surface area contributed by atoms with E-state index in [1.54, 1.807) is 4.90 Å². The number of rotatable bonds is 1. The Morgan fingerprint density at radius 3 is 2.57 bits per heavy atom. The molecule has 1 amide bonds. The average Bonchev–Trinajstić information content (AvgIpc) is 2.37. The van der Waals surface area contributed by atoms with Gasteiger partial charge in [0.25, 0.3) is 0 Å². The van der Waals surface area contributed by atoms with Gasteiger partial charge in [-0.2, -0.15) is 0 Å². The first-order chi connectivity index (χ1) is 9.79. The molecule has 1 N–H and O–H groups in total. The topological polar surface area (TPSA) is 54.5 Å². The lowest BCUT2D eigenvalue weighted by Crippen LogP contribution is -2.50. The number of hydrogen-bond acceptors (Lipinski definition) is 4. The zero-order valence-corrected chi connectivity index (χ0v) is 13.8. The normalized spacial score (nSPS) is 19.5. The van der Waals surface area contributed by atoms with Gasteiger partial charge in [0.05, 0.1) is 16.1 Å². The molecular weight excluding hydrogens is 313 g/mol. The summed E-state index contributed by atoms with van der Waals surface area (Å²) in [6.45, 7) is 7.34. The van der Waals surface area contributed by atoms with Crippen molar-refractivity contribution in [3.05, 3.63) is 28.0 Å². The molecule has 2 rings (SSSR count). The van der Waals surface area contributed by atoms with Crippen LogP contribution in [0.1, 0.15) is 32.4 Å². The Labute approximate surface area is 134 Å². The van der Waals surface area contributed by atoms with Crippen molar-refractivity contribution in [2.24, 2.45) is 0 Å². The lowest BCUT2D eigenvalue weighted by molar-refractivity contribution is 0.0118. The second-order valence-corrected chi connectivity index (χ2v) is 6.72. The molecule has 1 aliphatic rings. The summed E-state index contributed by atoms with van der Waals surface area (Å²) in [5.74, 6) is 0. The Balaban J connectivity index is 2.29. The molecule has 7 heteroatoms. The second kappa shape index (κ2) is 6.38. The molecule has 21 heavy (non-hydrogen) atoms. The van der Waals surface area contributed by atoms with Gasteiger partial charge in [-0.1, -0.05) is 23.2 Å². The number of halogens is 2. The van der Waals surface area contributed by atoms with Crippen molar-refractivity contribution >= 4 is 29.3 Å². The standard InChI is InChI=1S/C14H19Cl2N3O2/c1-14(2,3)21-13(20)19-5-4-17-8-11(19)12-9(15)6-18-7-10(12)16/h6-7,11,17H,4-5,8H2,1-3H3. The Bertz CT molecular complexity index is 511. The van der Waals surface area contributed by atoms with Gasteiger partial charge in [-0.05, 0) is 20.8 Å². The number of nitrogens with zero attached hydrogens (tertiary/aromatic N) is 2. The molecule has 2 heterocycles. The van der Waals surface area contributed by atoms with Crippen molar-refractivity contribution in [3.8, 4) is 0 Å². The maximum Gasteiger partial charge on any atom is 0.410 e. The van der Waals surface area contributed by atoms with Crippen LogP contribution in [-0.2, 0) is 4.74 Å². The molecule has 1 unspecified atom stereocenters. The zero-order chi connectivity index (χ0) is 15.6. The number of piperazine rings is 1. The van der Waals surface area contributed by atoms with Crippen LogP contribution in [0.3, 0.4) is 0 Å². The van der Waals surface area contributed by atoms with Gasteiger partial charge in [-0.3, -0.25) is 9.88 Å². The van der Waals surface area contributed by atoms with Crippen LogP contribution in [0.25, 0.3) is 0 Å². The number of amides is 1. The summed E-state index contributed by atoms with van der Waals surface area (Å²) in [7, 11) is 0. The molecular formula is C14H19Cl2N3O2. The van der Waals surface area contributed by atoms with Crippen molar-refractivity contribution in [1.82, 2.24) is 15.2 Å². The number of aromatic nitrogens is 1. The minimum Gasteiger partial charge on any atom is -0.444 e. The highest BCUT2D eigenvalue weighted by Gasteiger charge is 2.33. The summed E-state index contributed by atoms with van der Waals surface area (Å²) >= 11 is 12.4. The third kappa shape index (κ3) is 3.99. The lowest BCUT2D eigenvalue weighted by atomic mass is 10.0. The maximum absolute atomic E-state index is 12.4. The maximum atomic E-state index is 12.4. The van der Waals surface area contributed by atoms with Gasteiger partial charge >= 0.3 is 6.09 Å². The highest BCUT2D eigenvalue weighted by Crippen LogP contribution is 2.34. The monoisotopic (exact) mass is 331 g/mol. The molecule has 116 valence electrons. The van der Waals surface area contributed by atoms with Gasteiger partial charge in [0.15, 0.2) is 0 Å². The van der Waals surface area contributed by atoms with Crippen LogP contribution in [0.15, 0.2) is 12.4 Å². The SMILES string of the molecule is CC(C)(C)OC(=O)N1CCNCC1c1c(Cl)cncc1Cl. The predicted octanol–water partition coefficient (Wildman–Crippen LogP) is 3.27. The van der Waals surface area contributed by atoms with Crippen molar-refractivity contribution < 1.29 is 9.53 Å². The van der Waals surface area contributed by atoms with E-state index in [0.717, 1.165) is 0 Å². The first-order valence-electron chi connectivity index (χ1n) is 6.79. The van der Waals surface area contributed by atoms with Crippen molar-refractivity contribution in [2.45, 2.75) is 32.4 Å².